The molecule has 0 N–H and O–H groups in total. The monoisotopic (exact) mass is 468 g/mol. The van der Waals surface area contributed by atoms with Crippen LogP contribution < -0.4 is 9.16 Å². The van der Waals surface area contributed by atoms with Crippen LogP contribution >= 0.6 is 15.9 Å². The van der Waals surface area contributed by atoms with Gasteiger partial charge in [-0.1, -0.05) is 41.5 Å². The van der Waals surface area contributed by atoms with E-state index in [0.29, 0.717) is 18.1 Å². The first-order valence-electron chi connectivity index (χ1n) is 10.2. The van der Waals surface area contributed by atoms with E-state index in [1.54, 1.807) is 7.11 Å². The molecule has 1 aromatic carbocycles. The Morgan fingerprint density at radius 3 is 2.21 bits per heavy atom. The molecule has 1 aliphatic carbocycles. The number of rotatable bonds is 4. The van der Waals surface area contributed by atoms with E-state index in [1.165, 1.54) is 0 Å². The van der Waals surface area contributed by atoms with Gasteiger partial charge in [0.25, 0.3) is 0 Å². The fraction of sp³-hybridized carbons (Fsp3) is 0.696. The smallest absolute Gasteiger partial charge is 0.250 e. The first-order chi connectivity index (χ1) is 12.6. The number of methoxy groups -OCH3 is 1. The second kappa shape index (κ2) is 7.46. The molecule has 1 fully saturated rings. The fourth-order valence-corrected chi connectivity index (χ4v) is 5.41. The molecule has 5 heteroatoms. The molecule has 0 bridgehead atoms. The van der Waals surface area contributed by atoms with Gasteiger partial charge in [0.1, 0.15) is 17.3 Å². The minimum atomic E-state index is -2.08. The number of ketones is 1. The molecule has 1 saturated carbocycles. The number of hydrogen-bond donors (Lipinski definition) is 0. The number of carbonyl (C=O) groups excluding carboxylic acids is 1. The van der Waals surface area contributed by atoms with E-state index >= 15 is 0 Å². The summed E-state index contributed by atoms with van der Waals surface area (Å²) in [7, 11) is -0.419. The Balaban J connectivity index is 2.76. The summed E-state index contributed by atoms with van der Waals surface area (Å²) < 4.78 is 13.2. The first-order valence-corrected chi connectivity index (χ1v) is 13.9. The van der Waals surface area contributed by atoms with E-state index in [4.69, 9.17) is 9.16 Å². The van der Waals surface area contributed by atoms with Gasteiger partial charge in [-0.25, -0.2) is 0 Å². The SMILES string of the molecule is COc1cc([C@]2(C)C(=O)CC[C@H](C)C2(C)C)c(O[Si](C)(C)C(C)(C)C)cc1Br. The van der Waals surface area contributed by atoms with Gasteiger partial charge in [0.2, 0.25) is 8.32 Å². The highest BCUT2D eigenvalue weighted by Gasteiger charge is 2.55. The molecule has 0 aromatic heterocycles. The number of Topliss-reactive ketones (excluding diaryl/α,β-unsaturated/α-hetero) is 1. The summed E-state index contributed by atoms with van der Waals surface area (Å²) in [4.78, 5) is 13.4. The molecular formula is C23H37BrO3Si. The van der Waals surface area contributed by atoms with Crippen LogP contribution in [0.5, 0.6) is 11.5 Å². The van der Waals surface area contributed by atoms with Crippen molar-refractivity contribution in [1.82, 2.24) is 0 Å². The van der Waals surface area contributed by atoms with Crippen LogP contribution in [-0.4, -0.2) is 21.2 Å². The molecular weight excluding hydrogens is 432 g/mol. The van der Waals surface area contributed by atoms with Gasteiger partial charge < -0.3 is 9.16 Å². The average molecular weight is 470 g/mol. The maximum atomic E-state index is 13.4. The van der Waals surface area contributed by atoms with Crippen molar-refractivity contribution in [2.45, 2.75) is 84.9 Å². The standard InChI is InChI=1S/C23H37BrO3Si/c1-15-11-12-20(25)23(7,22(15,5)6)16-13-19(26-8)17(24)14-18(16)27-28(9,10)21(2,3)4/h13-15H,11-12H2,1-10H3/t15-,23+/m0/s1. The number of halogens is 1. The normalized spacial score (nSPS) is 25.5. The Morgan fingerprint density at radius 1 is 1.14 bits per heavy atom. The molecule has 3 nitrogen and oxygen atoms in total. The Hall–Kier alpha value is -0.813. The summed E-state index contributed by atoms with van der Waals surface area (Å²) in [5.74, 6) is 2.28. The van der Waals surface area contributed by atoms with E-state index in [1.807, 2.05) is 12.1 Å². The minimum Gasteiger partial charge on any atom is -0.543 e. The topological polar surface area (TPSA) is 35.5 Å². The van der Waals surface area contributed by atoms with Crippen LogP contribution in [0.3, 0.4) is 0 Å². The van der Waals surface area contributed by atoms with E-state index in [-0.39, 0.29) is 10.5 Å². The van der Waals surface area contributed by atoms with Crippen molar-refractivity contribution in [3.05, 3.63) is 22.2 Å². The van der Waals surface area contributed by atoms with Crippen molar-refractivity contribution in [1.29, 1.82) is 0 Å². The maximum absolute atomic E-state index is 13.4. The van der Waals surface area contributed by atoms with E-state index < -0.39 is 13.7 Å². The molecule has 28 heavy (non-hydrogen) atoms. The zero-order chi connectivity index (χ0) is 21.7. The predicted molar refractivity (Wildman–Crippen MR) is 123 cm³/mol. The lowest BCUT2D eigenvalue weighted by Gasteiger charge is -2.51. The summed E-state index contributed by atoms with van der Waals surface area (Å²) in [6, 6.07) is 4.02. The average Bonchev–Trinajstić information content (AvgIpc) is 2.56. The largest absolute Gasteiger partial charge is 0.543 e. The van der Waals surface area contributed by atoms with Crippen molar-refractivity contribution in [2.75, 3.05) is 7.11 Å². The van der Waals surface area contributed by atoms with Gasteiger partial charge in [0, 0.05) is 12.0 Å². The van der Waals surface area contributed by atoms with Gasteiger partial charge in [-0.05, 0) is 70.9 Å². The lowest BCUT2D eigenvalue weighted by molar-refractivity contribution is -0.134. The fourth-order valence-electron chi connectivity index (χ4n) is 3.90. The number of carbonyl (C=O) groups is 1. The third kappa shape index (κ3) is 3.69. The molecule has 158 valence electrons. The van der Waals surface area contributed by atoms with Crippen molar-refractivity contribution >= 4 is 30.0 Å². The number of ether oxygens (including phenoxy) is 1. The van der Waals surface area contributed by atoms with Gasteiger partial charge in [-0.15, -0.1) is 0 Å². The number of benzene rings is 1. The minimum absolute atomic E-state index is 0.0664. The van der Waals surface area contributed by atoms with Crippen LogP contribution in [0, 0.1) is 11.3 Å². The molecule has 1 aromatic rings. The van der Waals surface area contributed by atoms with Crippen LogP contribution in [0.1, 0.15) is 66.9 Å². The van der Waals surface area contributed by atoms with E-state index in [2.05, 4.69) is 77.5 Å². The molecule has 0 heterocycles. The number of hydrogen-bond acceptors (Lipinski definition) is 3. The van der Waals surface area contributed by atoms with Crippen molar-refractivity contribution in [3.63, 3.8) is 0 Å². The highest BCUT2D eigenvalue weighted by atomic mass is 79.9. The summed E-state index contributed by atoms with van der Waals surface area (Å²) in [5.41, 5.74) is 0.141. The highest BCUT2D eigenvalue weighted by molar-refractivity contribution is 9.10. The molecule has 2 rings (SSSR count). The molecule has 1 aliphatic rings. The Labute approximate surface area is 180 Å². The Morgan fingerprint density at radius 2 is 1.71 bits per heavy atom. The molecule has 0 radical (unpaired) electrons. The van der Waals surface area contributed by atoms with Crippen LogP contribution in [-0.2, 0) is 10.2 Å². The van der Waals surface area contributed by atoms with Crippen LogP contribution in [0.25, 0.3) is 0 Å². The summed E-state index contributed by atoms with van der Waals surface area (Å²) in [6.07, 6.45) is 1.55. The third-order valence-electron chi connectivity index (χ3n) is 7.85. The lowest BCUT2D eigenvalue weighted by atomic mass is 9.51. The third-order valence-corrected chi connectivity index (χ3v) is 12.8. The molecule has 0 spiro atoms. The summed E-state index contributed by atoms with van der Waals surface area (Å²) in [5, 5.41) is 0.0664. The van der Waals surface area contributed by atoms with Crippen molar-refractivity contribution in [2.24, 2.45) is 11.3 Å². The zero-order valence-corrected chi connectivity index (χ0v) is 21.8. The second-order valence-electron chi connectivity index (χ2n) is 10.6. The molecule has 0 saturated heterocycles. The van der Waals surface area contributed by atoms with Gasteiger partial charge in [0.05, 0.1) is 17.0 Å². The van der Waals surface area contributed by atoms with Crippen LogP contribution in [0.4, 0.5) is 0 Å². The maximum Gasteiger partial charge on any atom is 0.250 e. The second-order valence-corrected chi connectivity index (χ2v) is 16.1. The first kappa shape index (κ1) is 23.5. The quantitative estimate of drug-likeness (QED) is 0.440. The Kier molecular flexibility index (Phi) is 6.25. The summed E-state index contributed by atoms with van der Waals surface area (Å²) >= 11 is 3.62. The van der Waals surface area contributed by atoms with Crippen LogP contribution in [0.15, 0.2) is 16.6 Å². The van der Waals surface area contributed by atoms with Crippen molar-refractivity contribution < 1.29 is 14.0 Å². The molecule has 0 amide bonds. The molecule has 2 atom stereocenters. The van der Waals surface area contributed by atoms with Gasteiger partial charge in [-0.2, -0.15) is 0 Å². The Bertz CT molecular complexity index is 764. The van der Waals surface area contributed by atoms with E-state index in [9.17, 15) is 4.79 Å². The van der Waals surface area contributed by atoms with E-state index in [0.717, 1.165) is 28.0 Å². The van der Waals surface area contributed by atoms with Gasteiger partial charge >= 0.3 is 0 Å². The van der Waals surface area contributed by atoms with Gasteiger partial charge in [0.15, 0.2) is 0 Å². The van der Waals surface area contributed by atoms with Crippen LogP contribution in [0.2, 0.25) is 18.1 Å². The summed E-state index contributed by atoms with van der Waals surface area (Å²) in [6.45, 7) is 20.0. The van der Waals surface area contributed by atoms with Crippen molar-refractivity contribution in [3.8, 4) is 11.5 Å². The molecule has 0 unspecified atom stereocenters. The zero-order valence-electron chi connectivity index (χ0n) is 19.2. The molecule has 0 aliphatic heterocycles. The lowest BCUT2D eigenvalue weighted by Crippen LogP contribution is -2.53. The van der Waals surface area contributed by atoms with Gasteiger partial charge in [-0.3, -0.25) is 4.79 Å². The predicted octanol–water partition coefficient (Wildman–Crippen LogP) is 7.12. The highest BCUT2D eigenvalue weighted by Crippen LogP contribution is 2.56.